The minimum atomic E-state index is 0.777. The fraction of sp³-hybridized carbons (Fsp3) is 0.692. The topological polar surface area (TPSA) is 21.3 Å². The van der Waals surface area contributed by atoms with Gasteiger partial charge in [0.05, 0.1) is 6.61 Å². The quantitative estimate of drug-likeness (QED) is 0.701. The average Bonchev–Trinajstić information content (AvgIpc) is 2.72. The summed E-state index contributed by atoms with van der Waals surface area (Å²) in [5.41, 5.74) is 0. The lowest BCUT2D eigenvalue weighted by Crippen LogP contribution is -2.21. The van der Waals surface area contributed by atoms with E-state index in [9.17, 15) is 0 Å². The number of hydrogen-bond donors (Lipinski definition) is 1. The zero-order chi connectivity index (χ0) is 12.5. The van der Waals surface area contributed by atoms with E-state index in [4.69, 9.17) is 4.74 Å². The second-order valence-electron chi connectivity index (χ2n) is 4.37. The van der Waals surface area contributed by atoms with Gasteiger partial charge in [0.1, 0.15) is 0 Å². The number of ether oxygens (including phenoxy) is 1. The Hall–Kier alpha value is 0.100. The van der Waals surface area contributed by atoms with E-state index in [0.717, 1.165) is 25.6 Å². The Morgan fingerprint density at radius 3 is 2.88 bits per heavy atom. The molecule has 0 fully saturated rings. The Kier molecular flexibility index (Phi) is 8.10. The molecule has 1 unspecified atom stereocenters. The van der Waals surface area contributed by atoms with Crippen LogP contribution in [-0.2, 0) is 11.2 Å². The predicted octanol–water partition coefficient (Wildman–Crippen LogP) is 3.71. The summed E-state index contributed by atoms with van der Waals surface area (Å²) in [6.07, 6.45) is 3.70. The van der Waals surface area contributed by atoms with E-state index in [-0.39, 0.29) is 0 Å². The molecule has 0 bridgehead atoms. The lowest BCUT2D eigenvalue weighted by Gasteiger charge is -2.11. The van der Waals surface area contributed by atoms with Gasteiger partial charge >= 0.3 is 0 Å². The fourth-order valence-corrected chi connectivity index (χ4v) is 3.24. The zero-order valence-corrected chi connectivity index (χ0v) is 13.1. The first-order valence-electron chi connectivity index (χ1n) is 6.15. The molecule has 0 aliphatic heterocycles. The Morgan fingerprint density at radius 2 is 2.24 bits per heavy atom. The van der Waals surface area contributed by atoms with Crippen molar-refractivity contribution in [2.45, 2.75) is 26.2 Å². The molecule has 1 N–H and O–H groups in total. The summed E-state index contributed by atoms with van der Waals surface area (Å²) in [6, 6.07) is 2.14. The van der Waals surface area contributed by atoms with E-state index < -0.39 is 0 Å². The molecule has 0 radical (unpaired) electrons. The van der Waals surface area contributed by atoms with Gasteiger partial charge in [-0.1, -0.05) is 6.92 Å². The van der Waals surface area contributed by atoms with Crippen molar-refractivity contribution in [3.05, 3.63) is 20.8 Å². The van der Waals surface area contributed by atoms with E-state index in [2.05, 4.69) is 39.6 Å². The van der Waals surface area contributed by atoms with Crippen LogP contribution in [0.3, 0.4) is 0 Å². The third kappa shape index (κ3) is 6.55. The van der Waals surface area contributed by atoms with Crippen LogP contribution in [0.25, 0.3) is 0 Å². The largest absolute Gasteiger partial charge is 0.383 e. The Balaban J connectivity index is 2.05. The maximum Gasteiger partial charge on any atom is 0.0587 e. The molecular weight excluding hydrogens is 298 g/mol. The third-order valence-electron chi connectivity index (χ3n) is 2.85. The van der Waals surface area contributed by atoms with E-state index in [1.54, 1.807) is 7.11 Å². The molecule has 4 heteroatoms. The highest BCUT2D eigenvalue weighted by molar-refractivity contribution is 9.10. The van der Waals surface area contributed by atoms with E-state index in [0.29, 0.717) is 0 Å². The lowest BCUT2D eigenvalue weighted by molar-refractivity contribution is 0.199. The molecule has 0 aliphatic rings. The van der Waals surface area contributed by atoms with E-state index in [1.807, 2.05) is 11.3 Å². The van der Waals surface area contributed by atoms with Crippen LogP contribution in [0.2, 0.25) is 0 Å². The molecular formula is C13H22BrNOS. The van der Waals surface area contributed by atoms with Crippen LogP contribution in [0.5, 0.6) is 0 Å². The molecule has 0 aliphatic carbocycles. The van der Waals surface area contributed by atoms with Gasteiger partial charge < -0.3 is 10.1 Å². The predicted molar refractivity (Wildman–Crippen MR) is 78.9 cm³/mol. The fourth-order valence-electron chi connectivity index (χ4n) is 1.67. The number of rotatable bonds is 9. The summed E-state index contributed by atoms with van der Waals surface area (Å²) in [7, 11) is 1.74. The number of halogens is 1. The Morgan fingerprint density at radius 1 is 1.41 bits per heavy atom. The van der Waals surface area contributed by atoms with Crippen molar-refractivity contribution in [2.75, 3.05) is 26.8 Å². The summed E-state index contributed by atoms with van der Waals surface area (Å²) in [5, 5.41) is 5.54. The van der Waals surface area contributed by atoms with Gasteiger partial charge in [0.25, 0.3) is 0 Å². The number of aryl methyl sites for hydroxylation is 1. The SMILES string of the molecule is COCCNCCC(C)CCc1sccc1Br. The molecule has 1 rings (SSSR count). The van der Waals surface area contributed by atoms with Crippen LogP contribution in [0.1, 0.15) is 24.6 Å². The first kappa shape index (κ1) is 15.2. The van der Waals surface area contributed by atoms with Crippen molar-refractivity contribution in [1.29, 1.82) is 0 Å². The van der Waals surface area contributed by atoms with Crippen molar-refractivity contribution in [1.82, 2.24) is 5.32 Å². The van der Waals surface area contributed by atoms with Gasteiger partial charge in [0.15, 0.2) is 0 Å². The summed E-state index contributed by atoms with van der Waals surface area (Å²) >= 11 is 5.43. The van der Waals surface area contributed by atoms with Gasteiger partial charge in [-0.2, -0.15) is 0 Å². The first-order chi connectivity index (χ1) is 8.24. The minimum Gasteiger partial charge on any atom is -0.383 e. The lowest BCUT2D eigenvalue weighted by atomic mass is 10.0. The van der Waals surface area contributed by atoms with Gasteiger partial charge in [-0.15, -0.1) is 11.3 Å². The molecule has 0 saturated carbocycles. The summed E-state index contributed by atoms with van der Waals surface area (Å²) in [5.74, 6) is 0.777. The molecule has 1 heterocycles. The molecule has 0 spiro atoms. The van der Waals surface area contributed by atoms with Gasteiger partial charge in [-0.25, -0.2) is 0 Å². The highest BCUT2D eigenvalue weighted by Crippen LogP contribution is 2.25. The van der Waals surface area contributed by atoms with Crippen LogP contribution in [0, 0.1) is 5.92 Å². The summed E-state index contributed by atoms with van der Waals surface area (Å²) < 4.78 is 6.26. The first-order valence-corrected chi connectivity index (χ1v) is 7.82. The highest BCUT2D eigenvalue weighted by atomic mass is 79.9. The van der Waals surface area contributed by atoms with Crippen LogP contribution < -0.4 is 5.32 Å². The smallest absolute Gasteiger partial charge is 0.0587 e. The van der Waals surface area contributed by atoms with E-state index in [1.165, 1.54) is 28.6 Å². The second kappa shape index (κ2) is 9.09. The second-order valence-corrected chi connectivity index (χ2v) is 6.22. The molecule has 0 aromatic carbocycles. The average molecular weight is 320 g/mol. The van der Waals surface area contributed by atoms with Crippen LogP contribution in [0.4, 0.5) is 0 Å². The molecule has 1 aromatic heterocycles. The minimum absolute atomic E-state index is 0.777. The number of hydrogen-bond acceptors (Lipinski definition) is 3. The van der Waals surface area contributed by atoms with Crippen molar-refractivity contribution in [2.24, 2.45) is 5.92 Å². The summed E-state index contributed by atoms with van der Waals surface area (Å²) in [4.78, 5) is 1.48. The van der Waals surface area contributed by atoms with Crippen LogP contribution in [0.15, 0.2) is 15.9 Å². The zero-order valence-electron chi connectivity index (χ0n) is 10.7. The Labute approximate surface area is 117 Å². The molecule has 0 amide bonds. The van der Waals surface area contributed by atoms with Crippen LogP contribution in [-0.4, -0.2) is 26.8 Å². The molecule has 98 valence electrons. The molecule has 1 aromatic rings. The molecule has 17 heavy (non-hydrogen) atoms. The number of nitrogens with one attached hydrogen (secondary N) is 1. The Bertz CT molecular complexity index is 303. The van der Waals surface area contributed by atoms with Crippen molar-refractivity contribution >= 4 is 27.3 Å². The third-order valence-corrected chi connectivity index (χ3v) is 4.84. The summed E-state index contributed by atoms with van der Waals surface area (Å²) in [6.45, 7) is 5.19. The van der Waals surface area contributed by atoms with Crippen molar-refractivity contribution in [3.63, 3.8) is 0 Å². The molecule has 0 saturated heterocycles. The maximum atomic E-state index is 4.99. The highest BCUT2D eigenvalue weighted by Gasteiger charge is 2.05. The van der Waals surface area contributed by atoms with Gasteiger partial charge in [-0.3, -0.25) is 0 Å². The maximum absolute atomic E-state index is 4.99. The standard InChI is InChI=1S/C13H22BrNOS/c1-11(5-7-15-8-9-16-2)3-4-13-12(14)6-10-17-13/h6,10-11,15H,3-5,7-9H2,1-2H3. The molecule has 1 atom stereocenters. The van der Waals surface area contributed by atoms with Gasteiger partial charge in [-0.05, 0) is 59.1 Å². The van der Waals surface area contributed by atoms with E-state index >= 15 is 0 Å². The van der Waals surface area contributed by atoms with Crippen LogP contribution >= 0.6 is 27.3 Å². The van der Waals surface area contributed by atoms with Gasteiger partial charge in [0, 0.05) is 23.0 Å². The van der Waals surface area contributed by atoms with Gasteiger partial charge in [0.2, 0.25) is 0 Å². The number of thiophene rings is 1. The van der Waals surface area contributed by atoms with Crippen molar-refractivity contribution < 1.29 is 4.74 Å². The number of methoxy groups -OCH3 is 1. The normalized spacial score (nSPS) is 12.9. The van der Waals surface area contributed by atoms with Crippen molar-refractivity contribution in [3.8, 4) is 0 Å². The molecule has 2 nitrogen and oxygen atoms in total. The monoisotopic (exact) mass is 319 g/mol.